The van der Waals surface area contributed by atoms with Gasteiger partial charge >= 0.3 is 0 Å². The van der Waals surface area contributed by atoms with Gasteiger partial charge in [-0.2, -0.15) is 0 Å². The van der Waals surface area contributed by atoms with Crippen LogP contribution >= 0.6 is 15.9 Å². The fourth-order valence-corrected chi connectivity index (χ4v) is 3.41. The molecule has 0 bridgehead atoms. The molecular weight excluding hydrogens is 364 g/mol. The van der Waals surface area contributed by atoms with E-state index in [2.05, 4.69) is 74.5 Å². The van der Waals surface area contributed by atoms with Crippen LogP contribution < -0.4 is 16.0 Å². The molecule has 126 valence electrons. The Morgan fingerprint density at radius 2 is 2.12 bits per heavy atom. The van der Waals surface area contributed by atoms with Crippen LogP contribution in [0.5, 0.6) is 0 Å². The van der Waals surface area contributed by atoms with Gasteiger partial charge in [-0.3, -0.25) is 4.99 Å². The molecule has 3 rings (SSSR count). The zero-order chi connectivity index (χ0) is 16.9. The lowest BCUT2D eigenvalue weighted by atomic mass is 10.1. The quantitative estimate of drug-likeness (QED) is 0.616. The van der Waals surface area contributed by atoms with E-state index in [0.717, 1.165) is 36.2 Å². The number of rotatable bonds is 4. The molecule has 24 heavy (non-hydrogen) atoms. The number of nitrogens with two attached hydrogens (primary N) is 1. The van der Waals surface area contributed by atoms with Crippen molar-refractivity contribution >= 4 is 33.3 Å². The summed E-state index contributed by atoms with van der Waals surface area (Å²) in [6.45, 7) is 4.92. The number of nitrogens with zero attached hydrogens (tertiary/aromatic N) is 2. The van der Waals surface area contributed by atoms with Crippen LogP contribution in [-0.4, -0.2) is 25.6 Å². The molecule has 1 aliphatic rings. The van der Waals surface area contributed by atoms with Gasteiger partial charge in [-0.1, -0.05) is 34.1 Å². The van der Waals surface area contributed by atoms with Crippen LogP contribution in [0.2, 0.25) is 0 Å². The van der Waals surface area contributed by atoms with Crippen molar-refractivity contribution in [3.63, 3.8) is 0 Å². The summed E-state index contributed by atoms with van der Waals surface area (Å²) in [5.41, 5.74) is 9.47. The smallest absolute Gasteiger partial charge is 0.193 e. The highest BCUT2D eigenvalue weighted by Crippen LogP contribution is 2.26. The number of halogens is 1. The minimum atomic E-state index is 0.488. The number of hydrogen-bond donors (Lipinski definition) is 2. The summed E-state index contributed by atoms with van der Waals surface area (Å²) in [6.07, 6.45) is 1.15. The number of aryl methyl sites for hydroxylation is 1. The van der Waals surface area contributed by atoms with Crippen molar-refractivity contribution in [3.05, 3.63) is 58.6 Å². The van der Waals surface area contributed by atoms with Crippen LogP contribution in [-0.2, 0) is 0 Å². The van der Waals surface area contributed by atoms with E-state index in [1.807, 2.05) is 12.1 Å². The second-order valence-corrected chi connectivity index (χ2v) is 7.22. The lowest BCUT2D eigenvalue weighted by Gasteiger charge is -2.18. The first-order valence-corrected chi connectivity index (χ1v) is 9.03. The van der Waals surface area contributed by atoms with Crippen molar-refractivity contribution in [2.45, 2.75) is 13.3 Å². The summed E-state index contributed by atoms with van der Waals surface area (Å²) in [4.78, 5) is 6.94. The Labute approximate surface area is 151 Å². The Hall–Kier alpha value is -2.01. The van der Waals surface area contributed by atoms with Gasteiger partial charge in [0.25, 0.3) is 0 Å². The molecule has 0 aromatic heterocycles. The zero-order valence-electron chi connectivity index (χ0n) is 13.9. The minimum Gasteiger partial charge on any atom is -0.371 e. The molecule has 1 atom stereocenters. The van der Waals surface area contributed by atoms with Crippen LogP contribution in [0.4, 0.5) is 11.4 Å². The van der Waals surface area contributed by atoms with Crippen LogP contribution in [0.25, 0.3) is 0 Å². The molecule has 0 saturated carbocycles. The number of guanidine groups is 1. The monoisotopic (exact) mass is 386 g/mol. The molecule has 4 nitrogen and oxygen atoms in total. The predicted molar refractivity (Wildman–Crippen MR) is 106 cm³/mol. The first kappa shape index (κ1) is 16.8. The van der Waals surface area contributed by atoms with Crippen molar-refractivity contribution in [3.8, 4) is 0 Å². The number of benzene rings is 2. The van der Waals surface area contributed by atoms with Crippen LogP contribution in [0.1, 0.15) is 12.0 Å². The van der Waals surface area contributed by atoms with Gasteiger partial charge < -0.3 is 16.0 Å². The lowest BCUT2D eigenvalue weighted by Crippen LogP contribution is -2.25. The highest BCUT2D eigenvalue weighted by atomic mass is 79.9. The summed E-state index contributed by atoms with van der Waals surface area (Å²) in [7, 11) is 0. The molecule has 1 unspecified atom stereocenters. The maximum absolute atomic E-state index is 6.02. The number of nitrogens with one attached hydrogen (secondary N) is 1. The van der Waals surface area contributed by atoms with E-state index >= 15 is 0 Å². The third kappa shape index (κ3) is 4.51. The fourth-order valence-electron chi connectivity index (χ4n) is 3.03. The average Bonchev–Trinajstić information content (AvgIpc) is 3.02. The Kier molecular flexibility index (Phi) is 5.41. The molecule has 1 heterocycles. The molecular formula is C19H23BrN4. The average molecular weight is 387 g/mol. The van der Waals surface area contributed by atoms with E-state index in [9.17, 15) is 0 Å². The first-order valence-electron chi connectivity index (χ1n) is 8.24. The standard InChI is InChI=1S/C19H23BrN4/c1-14-4-2-6-17(10-14)23-19(21)22-12-15-8-9-24(13-15)18-7-3-5-16(20)11-18/h2-7,10-11,15H,8-9,12-13H2,1H3,(H3,21,22,23). The maximum Gasteiger partial charge on any atom is 0.193 e. The zero-order valence-corrected chi connectivity index (χ0v) is 15.5. The van der Waals surface area contributed by atoms with Crippen molar-refractivity contribution < 1.29 is 0 Å². The molecule has 2 aromatic carbocycles. The Balaban J connectivity index is 1.53. The van der Waals surface area contributed by atoms with Gasteiger partial charge in [-0.05, 0) is 55.2 Å². The second-order valence-electron chi connectivity index (χ2n) is 6.30. The first-order chi connectivity index (χ1) is 11.6. The van der Waals surface area contributed by atoms with Crippen LogP contribution in [0.15, 0.2) is 58.0 Å². The molecule has 1 saturated heterocycles. The summed E-state index contributed by atoms with van der Waals surface area (Å²) in [5.74, 6) is 1.03. The molecule has 5 heteroatoms. The molecule has 0 spiro atoms. The highest BCUT2D eigenvalue weighted by Gasteiger charge is 2.22. The van der Waals surface area contributed by atoms with Gasteiger partial charge in [0.05, 0.1) is 0 Å². The van der Waals surface area contributed by atoms with E-state index in [-0.39, 0.29) is 0 Å². The van der Waals surface area contributed by atoms with Crippen LogP contribution in [0, 0.1) is 12.8 Å². The molecule has 0 amide bonds. The number of hydrogen-bond acceptors (Lipinski definition) is 2. The summed E-state index contributed by atoms with van der Waals surface area (Å²) >= 11 is 3.54. The third-order valence-corrected chi connectivity index (χ3v) is 4.76. The van der Waals surface area contributed by atoms with Crippen LogP contribution in [0.3, 0.4) is 0 Å². The lowest BCUT2D eigenvalue weighted by molar-refractivity contribution is 0.603. The van der Waals surface area contributed by atoms with E-state index < -0.39 is 0 Å². The minimum absolute atomic E-state index is 0.488. The molecule has 1 aliphatic heterocycles. The van der Waals surface area contributed by atoms with Crippen molar-refractivity contribution in [2.24, 2.45) is 16.6 Å². The van der Waals surface area contributed by atoms with Crippen molar-refractivity contribution in [1.29, 1.82) is 0 Å². The predicted octanol–water partition coefficient (Wildman–Crippen LogP) is 4.01. The molecule has 3 N–H and O–H groups in total. The summed E-state index contributed by atoms with van der Waals surface area (Å²) < 4.78 is 1.12. The van der Waals surface area contributed by atoms with Gasteiger partial charge in [0, 0.05) is 35.5 Å². The van der Waals surface area contributed by atoms with Gasteiger partial charge in [0.15, 0.2) is 5.96 Å². The summed E-state index contributed by atoms with van der Waals surface area (Å²) in [5, 5.41) is 3.16. The molecule has 1 fully saturated rings. The topological polar surface area (TPSA) is 53.6 Å². The Morgan fingerprint density at radius 3 is 2.92 bits per heavy atom. The van der Waals surface area contributed by atoms with Gasteiger partial charge in [-0.25, -0.2) is 0 Å². The molecule has 2 aromatic rings. The van der Waals surface area contributed by atoms with E-state index in [1.54, 1.807) is 0 Å². The fraction of sp³-hybridized carbons (Fsp3) is 0.316. The van der Waals surface area contributed by atoms with Crippen molar-refractivity contribution in [2.75, 3.05) is 29.9 Å². The summed E-state index contributed by atoms with van der Waals surface area (Å²) in [6, 6.07) is 16.6. The number of anilines is 2. The van der Waals surface area contributed by atoms with E-state index in [1.165, 1.54) is 11.3 Å². The highest BCUT2D eigenvalue weighted by molar-refractivity contribution is 9.10. The second kappa shape index (κ2) is 7.71. The maximum atomic E-state index is 6.02. The van der Waals surface area contributed by atoms with Gasteiger partial charge in [0.1, 0.15) is 0 Å². The van der Waals surface area contributed by atoms with Gasteiger partial charge in [-0.15, -0.1) is 0 Å². The Morgan fingerprint density at radius 1 is 1.29 bits per heavy atom. The normalized spacial score (nSPS) is 18.0. The largest absolute Gasteiger partial charge is 0.371 e. The third-order valence-electron chi connectivity index (χ3n) is 4.27. The Bertz CT molecular complexity index is 729. The SMILES string of the molecule is Cc1cccc(NC(N)=NCC2CCN(c3cccc(Br)c3)C2)c1. The number of aliphatic imine (C=N–C) groups is 1. The van der Waals surface area contributed by atoms with E-state index in [0.29, 0.717) is 11.9 Å². The van der Waals surface area contributed by atoms with Crippen molar-refractivity contribution in [1.82, 2.24) is 0 Å². The van der Waals surface area contributed by atoms with Gasteiger partial charge in [0.2, 0.25) is 0 Å². The molecule has 0 radical (unpaired) electrons. The molecule has 0 aliphatic carbocycles. The van der Waals surface area contributed by atoms with E-state index in [4.69, 9.17) is 5.73 Å².